The molecule has 3 aromatic heterocycles. The standard InChI is InChI=1S/C15H18N4O2/c1-3-12-16-9(2)13-15(21)18-11-7-6-10(5-4-8-20)17-14(11)19(12)13/h6-7,20H,3-5,8H2,1-2H3,(H,18,21). The van der Waals surface area contributed by atoms with Crippen LogP contribution >= 0.6 is 0 Å². The summed E-state index contributed by atoms with van der Waals surface area (Å²) in [4.78, 5) is 24.2. The topological polar surface area (TPSA) is 83.3 Å². The van der Waals surface area contributed by atoms with Crippen molar-refractivity contribution in [3.63, 3.8) is 0 Å². The van der Waals surface area contributed by atoms with Crippen molar-refractivity contribution in [2.75, 3.05) is 6.61 Å². The molecule has 0 spiro atoms. The van der Waals surface area contributed by atoms with Crippen molar-refractivity contribution in [2.45, 2.75) is 33.1 Å². The van der Waals surface area contributed by atoms with E-state index in [2.05, 4.69) is 15.0 Å². The third kappa shape index (κ3) is 2.21. The highest BCUT2D eigenvalue weighted by Crippen LogP contribution is 2.16. The first-order valence-corrected chi connectivity index (χ1v) is 7.16. The Morgan fingerprint density at radius 2 is 2.14 bits per heavy atom. The first-order valence-electron chi connectivity index (χ1n) is 7.16. The monoisotopic (exact) mass is 286 g/mol. The molecule has 0 radical (unpaired) electrons. The van der Waals surface area contributed by atoms with Gasteiger partial charge < -0.3 is 10.1 Å². The lowest BCUT2D eigenvalue weighted by atomic mass is 10.2. The maximum Gasteiger partial charge on any atom is 0.274 e. The smallest absolute Gasteiger partial charge is 0.274 e. The number of nitrogens with one attached hydrogen (secondary N) is 1. The Balaban J connectivity index is 2.35. The predicted molar refractivity (Wildman–Crippen MR) is 80.6 cm³/mol. The Bertz CT molecular complexity index is 863. The summed E-state index contributed by atoms with van der Waals surface area (Å²) in [5.74, 6) is 0.838. The van der Waals surface area contributed by atoms with Gasteiger partial charge in [-0.05, 0) is 31.9 Å². The SMILES string of the molecule is CCc1nc(C)c2c(=O)[nH]c3ccc(CCCO)nc3n12. The van der Waals surface area contributed by atoms with Crippen molar-refractivity contribution < 1.29 is 5.11 Å². The maximum atomic E-state index is 12.2. The molecule has 0 amide bonds. The highest BCUT2D eigenvalue weighted by molar-refractivity contribution is 5.75. The number of aryl methyl sites for hydroxylation is 3. The van der Waals surface area contributed by atoms with E-state index in [1.54, 1.807) is 0 Å². The summed E-state index contributed by atoms with van der Waals surface area (Å²) >= 11 is 0. The van der Waals surface area contributed by atoms with Crippen LogP contribution in [-0.4, -0.2) is 31.1 Å². The van der Waals surface area contributed by atoms with E-state index in [0.29, 0.717) is 23.9 Å². The number of pyridine rings is 1. The number of aliphatic hydroxyl groups excluding tert-OH is 1. The largest absolute Gasteiger partial charge is 0.396 e. The zero-order valence-corrected chi connectivity index (χ0v) is 12.2. The number of hydrogen-bond donors (Lipinski definition) is 2. The molecule has 3 rings (SSSR count). The molecule has 0 fully saturated rings. The van der Waals surface area contributed by atoms with E-state index in [-0.39, 0.29) is 12.2 Å². The Morgan fingerprint density at radius 3 is 2.86 bits per heavy atom. The van der Waals surface area contributed by atoms with E-state index >= 15 is 0 Å². The van der Waals surface area contributed by atoms with E-state index in [4.69, 9.17) is 5.11 Å². The van der Waals surface area contributed by atoms with Gasteiger partial charge in [-0.2, -0.15) is 0 Å². The van der Waals surface area contributed by atoms with Crippen LogP contribution in [0.5, 0.6) is 0 Å². The van der Waals surface area contributed by atoms with Crippen LogP contribution in [0.2, 0.25) is 0 Å². The van der Waals surface area contributed by atoms with E-state index in [1.807, 2.05) is 30.4 Å². The lowest BCUT2D eigenvalue weighted by Gasteiger charge is -2.06. The van der Waals surface area contributed by atoms with Crippen LogP contribution in [0.1, 0.15) is 30.6 Å². The molecule has 3 heterocycles. The predicted octanol–water partition coefficient (Wildman–Crippen LogP) is 1.37. The molecule has 0 aliphatic carbocycles. The van der Waals surface area contributed by atoms with Crippen LogP contribution in [0.4, 0.5) is 0 Å². The lowest BCUT2D eigenvalue weighted by molar-refractivity contribution is 0.288. The van der Waals surface area contributed by atoms with Gasteiger partial charge in [0.2, 0.25) is 0 Å². The summed E-state index contributed by atoms with van der Waals surface area (Å²) in [7, 11) is 0. The second-order valence-corrected chi connectivity index (χ2v) is 5.11. The van der Waals surface area contributed by atoms with Crippen molar-refractivity contribution in [2.24, 2.45) is 0 Å². The molecule has 0 atom stereocenters. The van der Waals surface area contributed by atoms with Crippen molar-refractivity contribution >= 4 is 16.7 Å². The average molecular weight is 286 g/mol. The van der Waals surface area contributed by atoms with Gasteiger partial charge in [-0.25, -0.2) is 9.97 Å². The van der Waals surface area contributed by atoms with Gasteiger partial charge in [-0.3, -0.25) is 9.20 Å². The minimum absolute atomic E-state index is 0.142. The number of rotatable bonds is 4. The van der Waals surface area contributed by atoms with Gasteiger partial charge >= 0.3 is 0 Å². The zero-order chi connectivity index (χ0) is 15.0. The highest BCUT2D eigenvalue weighted by Gasteiger charge is 2.14. The molecule has 0 saturated heterocycles. The molecule has 6 heteroatoms. The van der Waals surface area contributed by atoms with Crippen molar-refractivity contribution in [3.8, 4) is 0 Å². The molecule has 21 heavy (non-hydrogen) atoms. The molecule has 3 aromatic rings. The number of imidazole rings is 1. The second-order valence-electron chi connectivity index (χ2n) is 5.11. The third-order valence-electron chi connectivity index (χ3n) is 3.64. The van der Waals surface area contributed by atoms with Crippen LogP contribution in [0, 0.1) is 6.92 Å². The maximum absolute atomic E-state index is 12.2. The molecule has 0 aromatic carbocycles. The molecular weight excluding hydrogens is 268 g/mol. The molecular formula is C15H18N4O2. The Kier molecular flexibility index (Phi) is 3.47. The minimum Gasteiger partial charge on any atom is -0.396 e. The lowest BCUT2D eigenvalue weighted by Crippen LogP contribution is -2.13. The van der Waals surface area contributed by atoms with Crippen molar-refractivity contribution in [1.29, 1.82) is 0 Å². The minimum atomic E-state index is -0.142. The number of aromatic amines is 1. The molecule has 110 valence electrons. The Hall–Kier alpha value is -2.21. The highest BCUT2D eigenvalue weighted by atomic mass is 16.2. The summed E-state index contributed by atoms with van der Waals surface area (Å²) in [6.07, 6.45) is 2.12. The average Bonchev–Trinajstić information content (AvgIpc) is 2.83. The van der Waals surface area contributed by atoms with Gasteiger partial charge in [0.1, 0.15) is 11.3 Å². The summed E-state index contributed by atoms with van der Waals surface area (Å²) in [5.41, 5.74) is 3.46. The summed E-state index contributed by atoms with van der Waals surface area (Å²) < 4.78 is 1.85. The Morgan fingerprint density at radius 1 is 1.33 bits per heavy atom. The first-order chi connectivity index (χ1) is 10.2. The van der Waals surface area contributed by atoms with Crippen LogP contribution in [0.3, 0.4) is 0 Å². The van der Waals surface area contributed by atoms with Crippen LogP contribution in [0.25, 0.3) is 16.7 Å². The second kappa shape index (κ2) is 5.29. The number of aliphatic hydroxyl groups is 1. The molecule has 2 N–H and O–H groups in total. The van der Waals surface area contributed by atoms with Crippen LogP contribution < -0.4 is 5.56 Å². The first kappa shape index (κ1) is 13.8. The summed E-state index contributed by atoms with van der Waals surface area (Å²) in [5, 5.41) is 8.94. The fourth-order valence-corrected chi connectivity index (χ4v) is 2.66. The van der Waals surface area contributed by atoms with E-state index in [1.165, 1.54) is 0 Å². The van der Waals surface area contributed by atoms with Gasteiger partial charge in [0.25, 0.3) is 5.56 Å². The third-order valence-corrected chi connectivity index (χ3v) is 3.64. The zero-order valence-electron chi connectivity index (χ0n) is 12.2. The van der Waals surface area contributed by atoms with Crippen molar-refractivity contribution in [3.05, 3.63) is 39.7 Å². The normalized spacial score (nSPS) is 11.6. The number of fused-ring (bicyclic) bond motifs is 3. The van der Waals surface area contributed by atoms with Gasteiger partial charge in [0.05, 0.1) is 11.2 Å². The molecule has 0 bridgehead atoms. The van der Waals surface area contributed by atoms with Gasteiger partial charge in [0.15, 0.2) is 5.65 Å². The van der Waals surface area contributed by atoms with E-state index in [0.717, 1.165) is 29.3 Å². The van der Waals surface area contributed by atoms with Crippen LogP contribution in [-0.2, 0) is 12.8 Å². The Labute approximate surface area is 121 Å². The summed E-state index contributed by atoms with van der Waals surface area (Å²) in [6, 6.07) is 3.75. The molecule has 0 aliphatic rings. The molecule has 0 aliphatic heterocycles. The molecule has 0 unspecified atom stereocenters. The number of nitrogens with zero attached hydrogens (tertiary/aromatic N) is 3. The molecule has 6 nitrogen and oxygen atoms in total. The number of hydrogen-bond acceptors (Lipinski definition) is 4. The van der Waals surface area contributed by atoms with Gasteiger partial charge in [-0.1, -0.05) is 6.92 Å². The summed E-state index contributed by atoms with van der Waals surface area (Å²) in [6.45, 7) is 3.99. The number of H-pyrrole nitrogens is 1. The fraction of sp³-hybridized carbons (Fsp3) is 0.400. The quantitative estimate of drug-likeness (QED) is 0.758. The van der Waals surface area contributed by atoms with Crippen molar-refractivity contribution in [1.82, 2.24) is 19.4 Å². The van der Waals surface area contributed by atoms with Gasteiger partial charge in [0, 0.05) is 18.7 Å². The van der Waals surface area contributed by atoms with E-state index in [9.17, 15) is 4.79 Å². The molecule has 0 saturated carbocycles. The van der Waals surface area contributed by atoms with Crippen LogP contribution in [0.15, 0.2) is 16.9 Å². The number of aromatic nitrogens is 4. The van der Waals surface area contributed by atoms with Gasteiger partial charge in [-0.15, -0.1) is 0 Å². The van der Waals surface area contributed by atoms with E-state index < -0.39 is 0 Å². The fourth-order valence-electron chi connectivity index (χ4n) is 2.66.